The van der Waals surface area contributed by atoms with E-state index in [4.69, 9.17) is 0 Å². The smallest absolute Gasteiger partial charge is 0.130 e. The molecule has 0 aliphatic carbocycles. The molecule has 2 heterocycles. The molecule has 3 rings (SSSR count). The van der Waals surface area contributed by atoms with Crippen LogP contribution in [-0.4, -0.2) is 35.4 Å². The molecule has 3 aromatic rings. The number of aromatic nitrogens is 3. The van der Waals surface area contributed by atoms with E-state index in [-0.39, 0.29) is 0 Å². The van der Waals surface area contributed by atoms with Gasteiger partial charge in [-0.15, -0.1) is 0 Å². The SMILES string of the molecule is Cc1nn(C)c(N(C)C)c1CNCCc1c[nH]c2ccccc12. The summed E-state index contributed by atoms with van der Waals surface area (Å²) in [7, 11) is 6.12. The maximum absolute atomic E-state index is 4.53. The molecule has 0 spiro atoms. The van der Waals surface area contributed by atoms with Gasteiger partial charge in [0, 0.05) is 50.4 Å². The van der Waals surface area contributed by atoms with Crippen molar-refractivity contribution < 1.29 is 0 Å². The molecule has 0 saturated heterocycles. The Hall–Kier alpha value is -2.27. The number of hydrogen-bond acceptors (Lipinski definition) is 3. The van der Waals surface area contributed by atoms with Crippen LogP contribution < -0.4 is 10.2 Å². The van der Waals surface area contributed by atoms with Crippen LogP contribution in [0.4, 0.5) is 5.82 Å². The van der Waals surface area contributed by atoms with Gasteiger partial charge in [0.15, 0.2) is 0 Å². The van der Waals surface area contributed by atoms with Gasteiger partial charge >= 0.3 is 0 Å². The second kappa shape index (κ2) is 6.46. The van der Waals surface area contributed by atoms with E-state index >= 15 is 0 Å². The Balaban J connectivity index is 1.62. The predicted molar refractivity (Wildman–Crippen MR) is 96.0 cm³/mol. The average Bonchev–Trinajstić information content (AvgIpc) is 3.04. The van der Waals surface area contributed by atoms with Crippen LogP contribution in [0, 0.1) is 6.92 Å². The van der Waals surface area contributed by atoms with Gasteiger partial charge in [0.05, 0.1) is 5.69 Å². The lowest BCUT2D eigenvalue weighted by Crippen LogP contribution is -2.20. The van der Waals surface area contributed by atoms with E-state index in [1.165, 1.54) is 27.8 Å². The van der Waals surface area contributed by atoms with Crippen molar-refractivity contribution in [3.8, 4) is 0 Å². The molecule has 122 valence electrons. The van der Waals surface area contributed by atoms with E-state index in [2.05, 4.69) is 71.8 Å². The maximum atomic E-state index is 4.53. The number of rotatable bonds is 6. The number of anilines is 1. The van der Waals surface area contributed by atoms with Gasteiger partial charge in [-0.25, -0.2) is 0 Å². The molecule has 2 N–H and O–H groups in total. The minimum Gasteiger partial charge on any atom is -0.363 e. The van der Waals surface area contributed by atoms with Gasteiger partial charge in [-0.1, -0.05) is 18.2 Å². The lowest BCUT2D eigenvalue weighted by atomic mass is 10.1. The zero-order chi connectivity index (χ0) is 16.4. The molecule has 0 atom stereocenters. The summed E-state index contributed by atoms with van der Waals surface area (Å²) in [5.74, 6) is 1.17. The molecule has 0 amide bonds. The minimum atomic E-state index is 0.843. The second-order valence-electron chi connectivity index (χ2n) is 6.19. The Labute approximate surface area is 137 Å². The first kappa shape index (κ1) is 15.6. The molecular weight excluding hydrogens is 286 g/mol. The number of aromatic amines is 1. The molecular formula is C18H25N5. The molecule has 5 heteroatoms. The summed E-state index contributed by atoms with van der Waals surface area (Å²) >= 11 is 0. The summed E-state index contributed by atoms with van der Waals surface area (Å²) in [4.78, 5) is 5.46. The molecule has 2 aromatic heterocycles. The highest BCUT2D eigenvalue weighted by Gasteiger charge is 2.14. The van der Waals surface area contributed by atoms with Crippen molar-refractivity contribution >= 4 is 16.7 Å². The summed E-state index contributed by atoms with van der Waals surface area (Å²) in [5, 5.41) is 9.41. The first-order valence-electron chi connectivity index (χ1n) is 8.03. The van der Waals surface area contributed by atoms with Crippen molar-refractivity contribution in [3.63, 3.8) is 0 Å². The number of para-hydroxylation sites is 1. The van der Waals surface area contributed by atoms with Gasteiger partial charge in [-0.3, -0.25) is 4.68 Å². The highest BCUT2D eigenvalue weighted by molar-refractivity contribution is 5.83. The molecule has 1 aromatic carbocycles. The van der Waals surface area contributed by atoms with Crippen molar-refractivity contribution in [2.45, 2.75) is 19.9 Å². The molecule has 0 aliphatic heterocycles. The third kappa shape index (κ3) is 3.10. The van der Waals surface area contributed by atoms with E-state index in [0.29, 0.717) is 0 Å². The normalized spacial score (nSPS) is 11.3. The number of fused-ring (bicyclic) bond motifs is 1. The van der Waals surface area contributed by atoms with Crippen molar-refractivity contribution in [2.24, 2.45) is 7.05 Å². The molecule has 0 fully saturated rings. The Bertz CT molecular complexity index is 797. The van der Waals surface area contributed by atoms with Crippen LogP contribution >= 0.6 is 0 Å². The summed E-state index contributed by atoms with van der Waals surface area (Å²) in [6, 6.07) is 8.45. The number of nitrogens with zero attached hydrogens (tertiary/aromatic N) is 3. The zero-order valence-corrected chi connectivity index (χ0v) is 14.3. The number of hydrogen-bond donors (Lipinski definition) is 2. The summed E-state index contributed by atoms with van der Waals surface area (Å²) in [6.45, 7) is 3.86. The van der Waals surface area contributed by atoms with E-state index in [1.807, 2.05) is 11.7 Å². The largest absolute Gasteiger partial charge is 0.363 e. The van der Waals surface area contributed by atoms with Crippen LogP contribution in [-0.2, 0) is 20.0 Å². The van der Waals surface area contributed by atoms with Gasteiger partial charge in [-0.05, 0) is 31.5 Å². The van der Waals surface area contributed by atoms with Crippen LogP contribution in [0.25, 0.3) is 10.9 Å². The van der Waals surface area contributed by atoms with Gasteiger partial charge in [0.1, 0.15) is 5.82 Å². The standard InChI is InChI=1S/C18H25N5/c1-13-16(18(22(2)3)23(4)21-13)12-19-10-9-14-11-20-17-8-6-5-7-15(14)17/h5-8,11,19-20H,9-10,12H2,1-4H3. The number of H-pyrrole nitrogens is 1. The quantitative estimate of drug-likeness (QED) is 0.688. The Kier molecular flexibility index (Phi) is 4.39. The fourth-order valence-electron chi connectivity index (χ4n) is 3.23. The van der Waals surface area contributed by atoms with Gasteiger partial charge in [0.2, 0.25) is 0 Å². The number of benzene rings is 1. The van der Waals surface area contributed by atoms with Crippen LogP contribution in [0.1, 0.15) is 16.8 Å². The van der Waals surface area contributed by atoms with E-state index in [0.717, 1.165) is 25.2 Å². The zero-order valence-electron chi connectivity index (χ0n) is 14.3. The fraction of sp³-hybridized carbons (Fsp3) is 0.389. The molecule has 0 bridgehead atoms. The topological polar surface area (TPSA) is 48.9 Å². The number of nitrogens with one attached hydrogen (secondary N) is 2. The van der Waals surface area contributed by atoms with Crippen LogP contribution in [0.15, 0.2) is 30.5 Å². The highest BCUT2D eigenvalue weighted by Crippen LogP contribution is 2.21. The van der Waals surface area contributed by atoms with Crippen LogP contribution in [0.2, 0.25) is 0 Å². The third-order valence-corrected chi connectivity index (χ3v) is 4.28. The van der Waals surface area contributed by atoms with Gasteiger partial charge < -0.3 is 15.2 Å². The van der Waals surface area contributed by atoms with Crippen molar-refractivity contribution in [1.82, 2.24) is 20.1 Å². The molecule has 0 aliphatic rings. The minimum absolute atomic E-state index is 0.843. The molecule has 5 nitrogen and oxygen atoms in total. The van der Waals surface area contributed by atoms with Crippen LogP contribution in [0.5, 0.6) is 0 Å². The summed E-state index contributed by atoms with van der Waals surface area (Å²) < 4.78 is 1.95. The van der Waals surface area contributed by atoms with Crippen molar-refractivity contribution in [2.75, 3.05) is 25.5 Å². The van der Waals surface area contributed by atoms with Gasteiger partial charge in [0.25, 0.3) is 0 Å². The van der Waals surface area contributed by atoms with Crippen molar-refractivity contribution in [1.29, 1.82) is 0 Å². The first-order chi connectivity index (χ1) is 11.1. The van der Waals surface area contributed by atoms with Gasteiger partial charge in [-0.2, -0.15) is 5.10 Å². The Morgan fingerprint density at radius 2 is 2.04 bits per heavy atom. The van der Waals surface area contributed by atoms with Crippen LogP contribution in [0.3, 0.4) is 0 Å². The fourth-order valence-corrected chi connectivity index (χ4v) is 3.23. The lowest BCUT2D eigenvalue weighted by molar-refractivity contribution is 0.684. The van der Waals surface area contributed by atoms with Crippen molar-refractivity contribution in [3.05, 3.63) is 47.3 Å². The average molecular weight is 311 g/mol. The predicted octanol–water partition coefficient (Wildman–Crippen LogP) is 2.61. The second-order valence-corrected chi connectivity index (χ2v) is 6.19. The molecule has 0 saturated carbocycles. The first-order valence-corrected chi connectivity index (χ1v) is 8.03. The highest BCUT2D eigenvalue weighted by atomic mass is 15.4. The molecule has 23 heavy (non-hydrogen) atoms. The van der Waals surface area contributed by atoms with E-state index in [1.54, 1.807) is 0 Å². The van der Waals surface area contributed by atoms with E-state index < -0.39 is 0 Å². The molecule has 0 unspecified atom stereocenters. The molecule has 0 radical (unpaired) electrons. The monoisotopic (exact) mass is 311 g/mol. The Morgan fingerprint density at radius 1 is 1.26 bits per heavy atom. The third-order valence-electron chi connectivity index (χ3n) is 4.28. The number of aryl methyl sites for hydroxylation is 2. The lowest BCUT2D eigenvalue weighted by Gasteiger charge is -2.15. The van der Waals surface area contributed by atoms with E-state index in [9.17, 15) is 0 Å². The Morgan fingerprint density at radius 3 is 2.83 bits per heavy atom. The maximum Gasteiger partial charge on any atom is 0.130 e. The summed E-state index contributed by atoms with van der Waals surface area (Å²) in [6.07, 6.45) is 3.13. The summed E-state index contributed by atoms with van der Waals surface area (Å²) in [5.41, 5.74) is 4.94.